The fourth-order valence-electron chi connectivity index (χ4n) is 7.98. The first-order chi connectivity index (χ1) is 22.3. The molecule has 0 saturated heterocycles. The van der Waals surface area contributed by atoms with Gasteiger partial charge in [0.2, 0.25) is 0 Å². The van der Waals surface area contributed by atoms with Crippen LogP contribution in [0.5, 0.6) is 5.75 Å². The number of halogens is 4. The van der Waals surface area contributed by atoms with Crippen LogP contribution in [0.2, 0.25) is 5.02 Å². The van der Waals surface area contributed by atoms with Crippen molar-refractivity contribution in [2.24, 2.45) is 23.7 Å². The first-order valence-electron chi connectivity index (χ1n) is 15.8. The van der Waals surface area contributed by atoms with Crippen molar-refractivity contribution in [3.8, 4) is 28.1 Å². The minimum absolute atomic E-state index is 0.0844. The number of carbonyl (C=O) groups excluding carboxylic acids is 1. The molecule has 3 aromatic rings. The lowest BCUT2D eigenvalue weighted by molar-refractivity contribution is -0.191. The Labute approximate surface area is 276 Å². The summed E-state index contributed by atoms with van der Waals surface area (Å²) < 4.78 is 54.0. The Morgan fingerprint density at radius 2 is 1.68 bits per heavy atom. The van der Waals surface area contributed by atoms with E-state index in [1.165, 1.54) is 30.3 Å². The Hall–Kier alpha value is -3.83. The third-order valence-electron chi connectivity index (χ3n) is 9.78. The highest BCUT2D eigenvalue weighted by Gasteiger charge is 2.61. The van der Waals surface area contributed by atoms with Crippen LogP contribution in [0, 0.1) is 23.7 Å². The summed E-state index contributed by atoms with van der Waals surface area (Å²) >= 11 is 6.44. The number of hydrogen-bond donors (Lipinski definition) is 2. The van der Waals surface area contributed by atoms with E-state index in [1.807, 2.05) is 19.0 Å². The molecule has 250 valence electrons. The van der Waals surface area contributed by atoms with Gasteiger partial charge in [-0.15, -0.1) is 0 Å². The van der Waals surface area contributed by atoms with Crippen molar-refractivity contribution in [2.75, 3.05) is 27.2 Å². The number of nitrogens with one attached hydrogen (secondary N) is 1. The predicted octanol–water partition coefficient (Wildman–Crippen LogP) is 8.00. The summed E-state index contributed by atoms with van der Waals surface area (Å²) in [4.78, 5) is 32.6. The van der Waals surface area contributed by atoms with E-state index in [1.54, 1.807) is 18.2 Å². The van der Waals surface area contributed by atoms with Gasteiger partial charge in [-0.1, -0.05) is 35.9 Å². The maximum Gasteiger partial charge on any atom is 0.507 e. The molecule has 0 radical (unpaired) electrons. The lowest BCUT2D eigenvalue weighted by Gasteiger charge is -2.59. The van der Waals surface area contributed by atoms with Crippen LogP contribution in [0.4, 0.5) is 18.0 Å². The minimum Gasteiger partial charge on any atom is -0.492 e. The van der Waals surface area contributed by atoms with Crippen LogP contribution < -0.4 is 10.1 Å². The molecule has 4 aliphatic carbocycles. The van der Waals surface area contributed by atoms with Gasteiger partial charge < -0.3 is 24.8 Å². The highest BCUT2D eigenvalue weighted by molar-refractivity contribution is 6.32. The second-order valence-electron chi connectivity index (χ2n) is 13.2. The summed E-state index contributed by atoms with van der Waals surface area (Å²) in [6.07, 6.45) is -1.26. The van der Waals surface area contributed by atoms with E-state index in [9.17, 15) is 27.9 Å². The highest BCUT2D eigenvalue weighted by Crippen LogP contribution is 2.58. The van der Waals surface area contributed by atoms with Gasteiger partial charge in [0.25, 0.3) is 5.91 Å². The molecule has 0 spiro atoms. The van der Waals surface area contributed by atoms with Crippen LogP contribution in [0.1, 0.15) is 54.6 Å². The van der Waals surface area contributed by atoms with Crippen molar-refractivity contribution >= 4 is 23.7 Å². The Balaban J connectivity index is 1.40. The molecule has 4 bridgehead atoms. The number of hydrogen-bond acceptors (Lipinski definition) is 6. The van der Waals surface area contributed by atoms with Gasteiger partial charge >= 0.3 is 12.3 Å². The molecule has 7 rings (SSSR count). The van der Waals surface area contributed by atoms with Crippen molar-refractivity contribution in [2.45, 2.75) is 50.4 Å². The molecule has 2 N–H and O–H groups in total. The molecule has 0 unspecified atom stereocenters. The van der Waals surface area contributed by atoms with Crippen LogP contribution >= 0.6 is 11.6 Å². The van der Waals surface area contributed by atoms with Crippen LogP contribution in [0.3, 0.4) is 0 Å². The number of aromatic nitrogens is 1. The number of ether oxygens (including phenoxy) is 2. The molecule has 2 aromatic carbocycles. The molecule has 4 saturated carbocycles. The van der Waals surface area contributed by atoms with E-state index in [2.05, 4.69) is 10.3 Å². The zero-order valence-electron chi connectivity index (χ0n) is 26.1. The van der Waals surface area contributed by atoms with Gasteiger partial charge in [-0.05, 0) is 100 Å². The monoisotopic (exact) mass is 671 g/mol. The molecule has 8 nitrogen and oxygen atoms in total. The number of pyridine rings is 1. The minimum atomic E-state index is -4.65. The van der Waals surface area contributed by atoms with Crippen LogP contribution in [0.25, 0.3) is 22.4 Å². The van der Waals surface area contributed by atoms with Crippen molar-refractivity contribution < 1.29 is 37.3 Å². The Morgan fingerprint density at radius 1 is 1.00 bits per heavy atom. The van der Waals surface area contributed by atoms with Crippen molar-refractivity contribution in [1.82, 2.24) is 15.2 Å². The second kappa shape index (κ2) is 13.0. The van der Waals surface area contributed by atoms with Gasteiger partial charge in [0.05, 0.1) is 22.9 Å². The topological polar surface area (TPSA) is 101 Å². The zero-order chi connectivity index (χ0) is 33.5. The van der Waals surface area contributed by atoms with Gasteiger partial charge in [-0.25, -0.2) is 9.78 Å². The second-order valence-corrected chi connectivity index (χ2v) is 13.6. The van der Waals surface area contributed by atoms with Gasteiger partial charge in [-0.2, -0.15) is 13.2 Å². The molecule has 1 heterocycles. The third-order valence-corrected chi connectivity index (χ3v) is 10.1. The zero-order valence-corrected chi connectivity index (χ0v) is 26.9. The number of nitrogens with zero attached hydrogens (tertiary/aromatic N) is 2. The largest absolute Gasteiger partial charge is 0.507 e. The Kier molecular flexibility index (Phi) is 9.15. The van der Waals surface area contributed by atoms with E-state index < -0.39 is 29.5 Å². The summed E-state index contributed by atoms with van der Waals surface area (Å²) in [6, 6.07) is 12.8. The summed E-state index contributed by atoms with van der Waals surface area (Å²) in [5, 5.41) is 13.0. The van der Waals surface area contributed by atoms with Gasteiger partial charge in [-0.3, -0.25) is 4.79 Å². The van der Waals surface area contributed by atoms with Crippen molar-refractivity contribution in [3.63, 3.8) is 0 Å². The molecular formula is C35H37ClF3N3O5. The first-order valence-corrected chi connectivity index (χ1v) is 16.2. The Morgan fingerprint density at radius 3 is 2.32 bits per heavy atom. The normalized spacial score (nSPS) is 24.7. The van der Waals surface area contributed by atoms with Crippen molar-refractivity contribution in [3.05, 3.63) is 70.9 Å². The Bertz CT molecular complexity index is 1640. The average molecular weight is 672 g/mol. The number of carboxylic acid groups (broad SMARTS) is 1. The molecule has 4 fully saturated rings. The summed E-state index contributed by atoms with van der Waals surface area (Å²) in [7, 11) is 3.89. The fourth-order valence-corrected chi connectivity index (χ4v) is 8.15. The van der Waals surface area contributed by atoms with Gasteiger partial charge in [0.1, 0.15) is 11.4 Å². The van der Waals surface area contributed by atoms with Gasteiger partial charge in [0, 0.05) is 29.5 Å². The molecule has 0 atom stereocenters. The van der Waals surface area contributed by atoms with E-state index in [4.69, 9.17) is 21.1 Å². The lowest BCUT2D eigenvalue weighted by Crippen LogP contribution is -2.68. The summed E-state index contributed by atoms with van der Waals surface area (Å²) in [5.74, 6) is 0.282. The quantitative estimate of drug-likeness (QED) is 0.128. The van der Waals surface area contributed by atoms with Crippen LogP contribution in [-0.2, 0) is 10.9 Å². The third kappa shape index (κ3) is 6.78. The highest BCUT2D eigenvalue weighted by atomic mass is 35.5. The van der Waals surface area contributed by atoms with E-state index in [0.29, 0.717) is 34.8 Å². The molecule has 47 heavy (non-hydrogen) atoms. The molecule has 1 amide bonds. The van der Waals surface area contributed by atoms with Crippen LogP contribution in [0.15, 0.2) is 54.6 Å². The van der Waals surface area contributed by atoms with E-state index in [-0.39, 0.29) is 34.4 Å². The summed E-state index contributed by atoms with van der Waals surface area (Å²) in [6.45, 7) is 1.14. The standard InChI is InChI=1S/C35H37ClF3N3O5/c1-42(2)12-5-13-46-30-19-22(8-10-28(30)36)31-26(25-6-3-4-7-27(25)35(37,38)39)9-11-29(40-31)32(43)41-34(47-33(44)45)23-15-20-14-21(17-23)18-24(34)16-20/h3-4,6-11,19-21,23-24H,5,12-18H2,1-2H3,(H,41,43)(H,44,45). The maximum absolute atomic E-state index is 14.2. The number of carbonyl (C=O) groups is 2. The molecule has 1 aromatic heterocycles. The lowest BCUT2D eigenvalue weighted by atomic mass is 9.52. The van der Waals surface area contributed by atoms with Crippen molar-refractivity contribution in [1.29, 1.82) is 0 Å². The molecule has 0 aliphatic heterocycles. The number of benzene rings is 2. The molecular weight excluding hydrogens is 635 g/mol. The molecule has 4 aliphatic rings. The average Bonchev–Trinajstić information content (AvgIpc) is 3.01. The molecule has 12 heteroatoms. The van der Waals surface area contributed by atoms with Crippen LogP contribution in [-0.4, -0.2) is 60.0 Å². The smallest absolute Gasteiger partial charge is 0.492 e. The number of amides is 1. The number of alkyl halides is 3. The fraction of sp³-hybridized carbons (Fsp3) is 0.457. The SMILES string of the molecule is CN(C)CCCOc1cc(-c2nc(C(=O)NC3(OC(=O)O)C4CC5CC(C4)CC3C5)ccc2-c2ccccc2C(F)(F)F)ccc1Cl. The van der Waals surface area contributed by atoms with E-state index >= 15 is 0 Å². The summed E-state index contributed by atoms with van der Waals surface area (Å²) in [5.41, 5.74) is -1.78. The maximum atomic E-state index is 14.2. The predicted molar refractivity (Wildman–Crippen MR) is 170 cm³/mol. The first kappa shape index (κ1) is 33.1. The van der Waals surface area contributed by atoms with E-state index in [0.717, 1.165) is 51.1 Å². The van der Waals surface area contributed by atoms with Gasteiger partial charge in [0.15, 0.2) is 5.72 Å². The number of rotatable bonds is 10.